The second-order valence-electron chi connectivity index (χ2n) is 8.26. The summed E-state index contributed by atoms with van der Waals surface area (Å²) in [6, 6.07) is 1.91. The van der Waals surface area contributed by atoms with Crippen molar-refractivity contribution in [3.05, 3.63) is 40.7 Å². The second kappa shape index (κ2) is 8.05. The van der Waals surface area contributed by atoms with E-state index in [9.17, 15) is 4.79 Å². The molecule has 1 heterocycles. The van der Waals surface area contributed by atoms with Crippen LogP contribution in [0.15, 0.2) is 23.8 Å². The summed E-state index contributed by atoms with van der Waals surface area (Å²) in [6.07, 6.45) is 6.29. The van der Waals surface area contributed by atoms with E-state index >= 15 is 0 Å². The molecular formula is C21H33N3O. The quantitative estimate of drug-likeness (QED) is 0.702. The molecule has 1 aliphatic carbocycles. The molecule has 0 spiro atoms. The lowest BCUT2D eigenvalue weighted by atomic mass is 9.69. The Labute approximate surface area is 152 Å². The highest BCUT2D eigenvalue weighted by Gasteiger charge is 2.29. The van der Waals surface area contributed by atoms with E-state index in [0.29, 0.717) is 30.1 Å². The third kappa shape index (κ3) is 5.08. The third-order valence-electron chi connectivity index (χ3n) is 5.22. The Bertz CT molecular complexity index is 661. The molecule has 4 nitrogen and oxygen atoms in total. The number of nitrogens with two attached hydrogens (primary N) is 1. The number of carbonyl (C=O) groups excluding carboxylic acids is 1. The van der Waals surface area contributed by atoms with Crippen LogP contribution in [-0.4, -0.2) is 24.0 Å². The van der Waals surface area contributed by atoms with Gasteiger partial charge in [0.15, 0.2) is 0 Å². The summed E-state index contributed by atoms with van der Waals surface area (Å²) in [7, 11) is 0. The topological polar surface area (TPSA) is 70.9 Å². The summed E-state index contributed by atoms with van der Waals surface area (Å²) in [6.45, 7) is 14.4. The van der Waals surface area contributed by atoms with Gasteiger partial charge in [-0.2, -0.15) is 0 Å². The molecule has 0 saturated heterocycles. The standard InChI is InChI=1S/C21H33N3O/c1-14-7-8-17(21(3,4)5)12-16(14)13-18-15(2)11-19(24-18)20(25)23-10-6-9-22/h11,13,17,24H,1,6-10,12,22H2,2-5H3,(H,23,25)/b16-13-. The van der Waals surface area contributed by atoms with Crippen LogP contribution in [0.2, 0.25) is 0 Å². The van der Waals surface area contributed by atoms with Crippen molar-refractivity contribution >= 4 is 12.0 Å². The Kier molecular flexibility index (Phi) is 6.28. The highest BCUT2D eigenvalue weighted by Crippen LogP contribution is 2.42. The van der Waals surface area contributed by atoms with E-state index < -0.39 is 0 Å². The van der Waals surface area contributed by atoms with Gasteiger partial charge in [0.05, 0.1) is 0 Å². The van der Waals surface area contributed by atoms with Crippen LogP contribution in [0.5, 0.6) is 0 Å². The number of aromatic amines is 1. The number of rotatable bonds is 5. The van der Waals surface area contributed by atoms with E-state index in [0.717, 1.165) is 30.5 Å². The molecule has 4 heteroatoms. The van der Waals surface area contributed by atoms with Crippen LogP contribution in [-0.2, 0) is 0 Å². The molecule has 1 atom stereocenters. The van der Waals surface area contributed by atoms with Gasteiger partial charge in [0.2, 0.25) is 0 Å². The number of aryl methyl sites for hydroxylation is 1. The van der Waals surface area contributed by atoms with Crippen molar-refractivity contribution in [3.8, 4) is 0 Å². The fraction of sp³-hybridized carbons (Fsp3) is 0.571. The third-order valence-corrected chi connectivity index (χ3v) is 5.22. The first kappa shape index (κ1) is 19.5. The number of H-pyrrole nitrogens is 1. The van der Waals surface area contributed by atoms with Crippen molar-refractivity contribution in [3.63, 3.8) is 0 Å². The molecule has 0 aromatic carbocycles. The van der Waals surface area contributed by atoms with Gasteiger partial charge in [0.1, 0.15) is 5.69 Å². The van der Waals surface area contributed by atoms with Crippen molar-refractivity contribution < 1.29 is 4.79 Å². The minimum atomic E-state index is -0.0729. The predicted octanol–water partition coefficient (Wildman–Crippen LogP) is 4.19. The molecule has 1 saturated carbocycles. The Morgan fingerprint density at radius 3 is 2.84 bits per heavy atom. The summed E-state index contributed by atoms with van der Waals surface area (Å²) in [5, 5.41) is 2.89. The van der Waals surface area contributed by atoms with Crippen LogP contribution < -0.4 is 11.1 Å². The zero-order chi connectivity index (χ0) is 18.6. The van der Waals surface area contributed by atoms with Gasteiger partial charge in [0, 0.05) is 12.2 Å². The molecule has 1 fully saturated rings. The molecule has 4 N–H and O–H groups in total. The van der Waals surface area contributed by atoms with E-state index in [1.807, 2.05) is 13.0 Å². The van der Waals surface area contributed by atoms with Crippen LogP contribution in [0.1, 0.15) is 68.2 Å². The number of carbonyl (C=O) groups is 1. The van der Waals surface area contributed by atoms with Gasteiger partial charge in [-0.1, -0.05) is 32.9 Å². The largest absolute Gasteiger partial charge is 0.351 e. The lowest BCUT2D eigenvalue weighted by Gasteiger charge is -2.36. The molecule has 0 radical (unpaired) electrons. The molecule has 1 aromatic rings. The molecule has 1 amide bonds. The summed E-state index contributed by atoms with van der Waals surface area (Å²) in [4.78, 5) is 15.5. The zero-order valence-electron chi connectivity index (χ0n) is 16.2. The average molecular weight is 344 g/mol. The van der Waals surface area contributed by atoms with Crippen LogP contribution in [0.3, 0.4) is 0 Å². The lowest BCUT2D eigenvalue weighted by molar-refractivity contribution is 0.0949. The molecule has 0 aliphatic heterocycles. The average Bonchev–Trinajstić information content (AvgIpc) is 2.89. The van der Waals surface area contributed by atoms with Gasteiger partial charge in [-0.3, -0.25) is 4.79 Å². The Morgan fingerprint density at radius 2 is 2.20 bits per heavy atom. The number of hydrogen-bond acceptors (Lipinski definition) is 2. The maximum Gasteiger partial charge on any atom is 0.267 e. The van der Waals surface area contributed by atoms with E-state index in [1.54, 1.807) is 0 Å². The van der Waals surface area contributed by atoms with Crippen molar-refractivity contribution in [2.75, 3.05) is 13.1 Å². The number of aromatic nitrogens is 1. The molecule has 25 heavy (non-hydrogen) atoms. The summed E-state index contributed by atoms with van der Waals surface area (Å²) in [5.41, 5.74) is 11.0. The van der Waals surface area contributed by atoms with Crippen LogP contribution in [0.4, 0.5) is 0 Å². The number of nitrogens with one attached hydrogen (secondary N) is 2. The summed E-state index contributed by atoms with van der Waals surface area (Å²) >= 11 is 0. The SMILES string of the molecule is C=C1CCC(C(C)(C)C)C/C1=C/c1[nH]c(C(=O)NCCCN)cc1C. The minimum Gasteiger partial charge on any atom is -0.351 e. The van der Waals surface area contributed by atoms with Crippen molar-refractivity contribution in [1.29, 1.82) is 0 Å². The maximum atomic E-state index is 12.2. The highest BCUT2D eigenvalue weighted by atomic mass is 16.1. The first-order valence-corrected chi connectivity index (χ1v) is 9.29. The normalized spacial score (nSPS) is 20.1. The first-order chi connectivity index (χ1) is 11.7. The molecular weight excluding hydrogens is 310 g/mol. The van der Waals surface area contributed by atoms with Gasteiger partial charge < -0.3 is 16.0 Å². The summed E-state index contributed by atoms with van der Waals surface area (Å²) in [5.74, 6) is 0.592. The minimum absolute atomic E-state index is 0.0729. The Balaban J connectivity index is 2.16. The van der Waals surface area contributed by atoms with Crippen molar-refractivity contribution in [2.24, 2.45) is 17.1 Å². The van der Waals surface area contributed by atoms with Crippen LogP contribution in [0.25, 0.3) is 6.08 Å². The smallest absolute Gasteiger partial charge is 0.267 e. The van der Waals surface area contributed by atoms with E-state index in [4.69, 9.17) is 5.73 Å². The van der Waals surface area contributed by atoms with Gasteiger partial charge in [-0.15, -0.1) is 0 Å². The van der Waals surface area contributed by atoms with Crippen LogP contribution >= 0.6 is 0 Å². The van der Waals surface area contributed by atoms with Gasteiger partial charge in [0.25, 0.3) is 5.91 Å². The Hall–Kier alpha value is -1.81. The first-order valence-electron chi connectivity index (χ1n) is 9.29. The second-order valence-corrected chi connectivity index (χ2v) is 8.26. The maximum absolute atomic E-state index is 12.2. The monoisotopic (exact) mass is 343 g/mol. The fourth-order valence-electron chi connectivity index (χ4n) is 3.34. The van der Waals surface area contributed by atoms with Gasteiger partial charge in [-0.05, 0) is 73.8 Å². The lowest BCUT2D eigenvalue weighted by Crippen LogP contribution is -2.26. The molecule has 138 valence electrons. The van der Waals surface area contributed by atoms with E-state index in [1.165, 1.54) is 17.6 Å². The Morgan fingerprint density at radius 1 is 1.48 bits per heavy atom. The molecule has 2 rings (SSSR count). The highest BCUT2D eigenvalue weighted by molar-refractivity contribution is 5.93. The number of amides is 1. The predicted molar refractivity (Wildman–Crippen MR) is 105 cm³/mol. The van der Waals surface area contributed by atoms with E-state index in [2.05, 4.69) is 43.7 Å². The molecule has 1 aromatic heterocycles. The van der Waals surface area contributed by atoms with Crippen molar-refractivity contribution in [1.82, 2.24) is 10.3 Å². The number of hydrogen-bond donors (Lipinski definition) is 3. The number of allylic oxidation sites excluding steroid dienone is 2. The fourth-order valence-corrected chi connectivity index (χ4v) is 3.34. The van der Waals surface area contributed by atoms with Crippen LogP contribution in [0, 0.1) is 18.3 Å². The molecule has 1 aliphatic rings. The molecule has 1 unspecified atom stereocenters. The van der Waals surface area contributed by atoms with Crippen molar-refractivity contribution in [2.45, 2.75) is 53.4 Å². The van der Waals surface area contributed by atoms with E-state index in [-0.39, 0.29) is 5.91 Å². The summed E-state index contributed by atoms with van der Waals surface area (Å²) < 4.78 is 0. The zero-order valence-corrected chi connectivity index (χ0v) is 16.2. The van der Waals surface area contributed by atoms with Gasteiger partial charge >= 0.3 is 0 Å². The van der Waals surface area contributed by atoms with Gasteiger partial charge in [-0.25, -0.2) is 0 Å². The molecule has 0 bridgehead atoms.